The molecular weight excluding hydrogens is 174 g/mol. The Kier molecular flexibility index (Phi) is 1.16. The number of nitrogens with zero attached hydrogens (tertiary/aromatic N) is 1. The summed E-state index contributed by atoms with van der Waals surface area (Å²) in [5.74, 6) is 0.393. The standard InChI is InChI=1S/C5H4ClNO2S/c6-5(1-2-5)3-7-10-4(8)9-3/h1-2H2. The molecule has 0 saturated heterocycles. The zero-order valence-electron chi connectivity index (χ0n) is 4.96. The second-order valence-electron chi connectivity index (χ2n) is 2.31. The summed E-state index contributed by atoms with van der Waals surface area (Å²) < 4.78 is 8.51. The molecule has 54 valence electrons. The SMILES string of the molecule is O=c1oc(C2(Cl)CC2)ns1. The van der Waals surface area contributed by atoms with Gasteiger partial charge < -0.3 is 4.42 Å². The van der Waals surface area contributed by atoms with Crippen LogP contribution in [0.1, 0.15) is 18.7 Å². The van der Waals surface area contributed by atoms with Crippen molar-refractivity contribution in [2.24, 2.45) is 0 Å². The molecule has 0 N–H and O–H groups in total. The Morgan fingerprint density at radius 3 is 2.80 bits per heavy atom. The number of alkyl halides is 1. The molecule has 0 radical (unpaired) electrons. The highest BCUT2D eigenvalue weighted by Crippen LogP contribution is 2.50. The van der Waals surface area contributed by atoms with E-state index < -0.39 is 4.87 Å². The van der Waals surface area contributed by atoms with Crippen LogP contribution in [0.2, 0.25) is 0 Å². The summed E-state index contributed by atoms with van der Waals surface area (Å²) in [5, 5.41) is 0. The first-order valence-corrected chi connectivity index (χ1v) is 4.02. The number of halogens is 1. The maximum absolute atomic E-state index is 10.5. The van der Waals surface area contributed by atoms with Crippen LogP contribution in [-0.2, 0) is 4.87 Å². The van der Waals surface area contributed by atoms with Gasteiger partial charge in [-0.3, -0.25) is 0 Å². The molecule has 2 rings (SSSR count). The van der Waals surface area contributed by atoms with Gasteiger partial charge in [0.1, 0.15) is 4.87 Å². The lowest BCUT2D eigenvalue weighted by molar-refractivity contribution is 0.458. The van der Waals surface area contributed by atoms with Gasteiger partial charge in [0, 0.05) is 11.5 Å². The number of hydrogen-bond acceptors (Lipinski definition) is 4. The summed E-state index contributed by atoms with van der Waals surface area (Å²) in [4.78, 5) is 9.69. The molecule has 1 aliphatic rings. The quantitative estimate of drug-likeness (QED) is 0.608. The van der Waals surface area contributed by atoms with Gasteiger partial charge in [-0.05, 0) is 12.8 Å². The Hall–Kier alpha value is -0.350. The minimum Gasteiger partial charge on any atom is -0.397 e. The normalized spacial score (nSPS) is 20.9. The Morgan fingerprint density at radius 2 is 2.40 bits per heavy atom. The smallest absolute Gasteiger partial charge is 0.397 e. The summed E-state index contributed by atoms with van der Waals surface area (Å²) in [5.41, 5.74) is 0. The summed E-state index contributed by atoms with van der Waals surface area (Å²) in [6.07, 6.45) is 1.72. The van der Waals surface area contributed by atoms with Gasteiger partial charge in [0.25, 0.3) is 0 Å². The maximum atomic E-state index is 10.5. The van der Waals surface area contributed by atoms with Crippen LogP contribution in [0.15, 0.2) is 9.21 Å². The second kappa shape index (κ2) is 1.83. The minimum absolute atomic E-state index is 0.373. The van der Waals surface area contributed by atoms with E-state index in [2.05, 4.69) is 4.37 Å². The Balaban J connectivity index is 2.43. The van der Waals surface area contributed by atoms with E-state index in [4.69, 9.17) is 16.0 Å². The Labute approximate surface area is 65.8 Å². The highest BCUT2D eigenvalue weighted by atomic mass is 35.5. The van der Waals surface area contributed by atoms with E-state index in [0.29, 0.717) is 5.89 Å². The number of hydrogen-bond donors (Lipinski definition) is 0. The van der Waals surface area contributed by atoms with Crippen molar-refractivity contribution in [2.75, 3.05) is 0 Å². The molecule has 3 nitrogen and oxygen atoms in total. The minimum atomic E-state index is -0.431. The van der Waals surface area contributed by atoms with Crippen LogP contribution >= 0.6 is 23.1 Å². The van der Waals surface area contributed by atoms with Gasteiger partial charge in [0.05, 0.1) is 0 Å². The van der Waals surface area contributed by atoms with Crippen LogP contribution in [0.25, 0.3) is 0 Å². The van der Waals surface area contributed by atoms with Crippen LogP contribution in [-0.4, -0.2) is 4.37 Å². The van der Waals surface area contributed by atoms with Crippen molar-refractivity contribution in [1.82, 2.24) is 4.37 Å². The van der Waals surface area contributed by atoms with Gasteiger partial charge in [-0.2, -0.15) is 4.37 Å². The van der Waals surface area contributed by atoms with Crippen LogP contribution in [0.5, 0.6) is 0 Å². The van der Waals surface area contributed by atoms with Gasteiger partial charge in [0.15, 0.2) is 0 Å². The van der Waals surface area contributed by atoms with E-state index in [1.54, 1.807) is 0 Å². The van der Waals surface area contributed by atoms with Crippen LogP contribution in [0, 0.1) is 0 Å². The molecule has 0 atom stereocenters. The first kappa shape index (κ1) is 6.37. The average molecular weight is 178 g/mol. The summed E-state index contributed by atoms with van der Waals surface area (Å²) in [7, 11) is 0. The molecule has 1 aromatic heterocycles. The fraction of sp³-hybridized carbons (Fsp3) is 0.600. The largest absolute Gasteiger partial charge is 0.414 e. The Bertz CT molecular complexity index is 301. The zero-order valence-corrected chi connectivity index (χ0v) is 6.54. The highest BCUT2D eigenvalue weighted by molar-refractivity contribution is 7.02. The van der Waals surface area contributed by atoms with Crippen LogP contribution in [0.4, 0.5) is 0 Å². The van der Waals surface area contributed by atoms with Crippen molar-refractivity contribution in [1.29, 1.82) is 0 Å². The van der Waals surface area contributed by atoms with E-state index in [1.807, 2.05) is 0 Å². The summed E-state index contributed by atoms with van der Waals surface area (Å²) in [6.45, 7) is 0. The third-order valence-corrected chi connectivity index (χ3v) is 2.48. The molecule has 0 aromatic carbocycles. The predicted molar refractivity (Wildman–Crippen MR) is 37.4 cm³/mol. The monoisotopic (exact) mass is 177 g/mol. The maximum Gasteiger partial charge on any atom is 0.414 e. The molecule has 0 bridgehead atoms. The molecule has 0 unspecified atom stereocenters. The van der Waals surface area contributed by atoms with Gasteiger partial charge in [-0.15, -0.1) is 11.6 Å². The van der Waals surface area contributed by atoms with Crippen LogP contribution in [0.3, 0.4) is 0 Å². The first-order valence-electron chi connectivity index (χ1n) is 2.87. The van der Waals surface area contributed by atoms with E-state index >= 15 is 0 Å². The van der Waals surface area contributed by atoms with Crippen molar-refractivity contribution in [3.63, 3.8) is 0 Å². The first-order chi connectivity index (χ1) is 4.71. The molecule has 0 aliphatic heterocycles. The molecule has 10 heavy (non-hydrogen) atoms. The van der Waals surface area contributed by atoms with Gasteiger partial charge in [-0.25, -0.2) is 4.79 Å². The van der Waals surface area contributed by atoms with Crippen molar-refractivity contribution < 1.29 is 4.42 Å². The molecule has 1 heterocycles. The molecule has 5 heteroatoms. The van der Waals surface area contributed by atoms with Crippen molar-refractivity contribution in [2.45, 2.75) is 17.7 Å². The molecule has 1 saturated carbocycles. The lowest BCUT2D eigenvalue weighted by atomic mass is 10.4. The zero-order chi connectivity index (χ0) is 7.19. The second-order valence-corrected chi connectivity index (χ2v) is 3.73. The molecular formula is C5H4ClNO2S. The van der Waals surface area contributed by atoms with Gasteiger partial charge in [-0.1, -0.05) is 0 Å². The number of aromatic nitrogens is 1. The van der Waals surface area contributed by atoms with E-state index in [9.17, 15) is 4.79 Å². The third kappa shape index (κ3) is 0.876. The molecule has 0 amide bonds. The van der Waals surface area contributed by atoms with Crippen molar-refractivity contribution >= 4 is 23.1 Å². The third-order valence-electron chi connectivity index (χ3n) is 1.46. The van der Waals surface area contributed by atoms with Crippen molar-refractivity contribution in [3.8, 4) is 0 Å². The molecule has 1 fully saturated rings. The lowest BCUT2D eigenvalue weighted by Crippen LogP contribution is -1.95. The Morgan fingerprint density at radius 1 is 1.70 bits per heavy atom. The predicted octanol–water partition coefficient (Wildman–Crippen LogP) is 1.32. The van der Waals surface area contributed by atoms with E-state index in [-0.39, 0.29) is 4.94 Å². The fourth-order valence-corrected chi connectivity index (χ4v) is 1.40. The molecule has 1 aliphatic carbocycles. The molecule has 0 spiro atoms. The average Bonchev–Trinajstić information content (AvgIpc) is 2.45. The lowest BCUT2D eigenvalue weighted by Gasteiger charge is -1.93. The highest BCUT2D eigenvalue weighted by Gasteiger charge is 2.47. The summed E-state index contributed by atoms with van der Waals surface area (Å²) >= 11 is 6.71. The summed E-state index contributed by atoms with van der Waals surface area (Å²) in [6, 6.07) is 0. The fourth-order valence-electron chi connectivity index (χ4n) is 0.692. The molecule has 1 aromatic rings. The van der Waals surface area contributed by atoms with Gasteiger partial charge >= 0.3 is 4.94 Å². The van der Waals surface area contributed by atoms with Crippen molar-refractivity contribution in [3.05, 3.63) is 15.6 Å². The number of rotatable bonds is 1. The van der Waals surface area contributed by atoms with Crippen LogP contribution < -0.4 is 4.94 Å². The van der Waals surface area contributed by atoms with E-state index in [0.717, 1.165) is 24.4 Å². The topological polar surface area (TPSA) is 43.1 Å². The van der Waals surface area contributed by atoms with E-state index in [1.165, 1.54) is 0 Å². The van der Waals surface area contributed by atoms with Gasteiger partial charge in [0.2, 0.25) is 5.89 Å².